The van der Waals surface area contributed by atoms with Gasteiger partial charge in [-0.1, -0.05) is 12.1 Å². The van der Waals surface area contributed by atoms with Crippen molar-refractivity contribution in [3.8, 4) is 0 Å². The second kappa shape index (κ2) is 3.94. The fourth-order valence-electron chi connectivity index (χ4n) is 1.22. The Kier molecular flexibility index (Phi) is 2.90. The standard InChI is InChI=1S/C10H14N2O/c1-7(12-8(2)13)9-4-3-5-10(11)6-9/h3-7H,11H2,1-2H3,(H,12,13)/t7-/m0/s1. The molecule has 0 unspecified atom stereocenters. The minimum atomic E-state index is -0.0325. The summed E-state index contributed by atoms with van der Waals surface area (Å²) in [6.45, 7) is 3.43. The lowest BCUT2D eigenvalue weighted by molar-refractivity contribution is -0.119. The minimum Gasteiger partial charge on any atom is -0.399 e. The average molecular weight is 178 g/mol. The van der Waals surface area contributed by atoms with Gasteiger partial charge in [-0.3, -0.25) is 4.79 Å². The molecule has 0 spiro atoms. The third kappa shape index (κ3) is 2.78. The highest BCUT2D eigenvalue weighted by Gasteiger charge is 2.05. The zero-order valence-electron chi connectivity index (χ0n) is 7.87. The average Bonchev–Trinajstić information content (AvgIpc) is 2.03. The third-order valence-corrected chi connectivity index (χ3v) is 1.83. The molecule has 13 heavy (non-hydrogen) atoms. The molecule has 1 aromatic carbocycles. The van der Waals surface area contributed by atoms with E-state index < -0.39 is 0 Å². The lowest BCUT2D eigenvalue weighted by Gasteiger charge is -2.12. The summed E-state index contributed by atoms with van der Waals surface area (Å²) in [5, 5.41) is 2.79. The van der Waals surface area contributed by atoms with Crippen LogP contribution in [0.15, 0.2) is 24.3 Å². The summed E-state index contributed by atoms with van der Waals surface area (Å²) in [5.74, 6) is -0.0325. The molecular formula is C10H14N2O. The Balaban J connectivity index is 2.76. The summed E-state index contributed by atoms with van der Waals surface area (Å²) in [4.78, 5) is 10.8. The van der Waals surface area contributed by atoms with E-state index in [2.05, 4.69) is 5.32 Å². The summed E-state index contributed by atoms with van der Waals surface area (Å²) < 4.78 is 0. The number of nitrogen functional groups attached to an aromatic ring is 1. The van der Waals surface area contributed by atoms with Crippen molar-refractivity contribution >= 4 is 11.6 Å². The Morgan fingerprint density at radius 2 is 2.23 bits per heavy atom. The number of benzene rings is 1. The summed E-state index contributed by atoms with van der Waals surface area (Å²) in [6.07, 6.45) is 0. The molecular weight excluding hydrogens is 164 g/mol. The maximum absolute atomic E-state index is 10.8. The fraction of sp³-hybridized carbons (Fsp3) is 0.300. The molecule has 0 saturated carbocycles. The number of hydrogen-bond acceptors (Lipinski definition) is 2. The number of carbonyl (C=O) groups excluding carboxylic acids is 1. The van der Waals surface area contributed by atoms with Crippen LogP contribution in [0, 0.1) is 0 Å². The Bertz CT molecular complexity index is 310. The van der Waals surface area contributed by atoms with Gasteiger partial charge in [0.05, 0.1) is 6.04 Å². The van der Waals surface area contributed by atoms with Gasteiger partial charge in [0, 0.05) is 12.6 Å². The molecule has 0 bridgehead atoms. The van der Waals surface area contributed by atoms with Crippen molar-refractivity contribution in [1.82, 2.24) is 5.32 Å². The quantitative estimate of drug-likeness (QED) is 0.674. The van der Waals surface area contributed by atoms with Gasteiger partial charge in [-0.05, 0) is 24.6 Å². The number of rotatable bonds is 2. The minimum absolute atomic E-state index is 0.0148. The van der Waals surface area contributed by atoms with Crippen molar-refractivity contribution in [2.45, 2.75) is 19.9 Å². The predicted octanol–water partition coefficient (Wildman–Crippen LogP) is 1.47. The number of nitrogens with one attached hydrogen (secondary N) is 1. The molecule has 3 nitrogen and oxygen atoms in total. The molecule has 1 atom stereocenters. The third-order valence-electron chi connectivity index (χ3n) is 1.83. The van der Waals surface area contributed by atoms with Crippen LogP contribution < -0.4 is 11.1 Å². The molecule has 0 aromatic heterocycles. The molecule has 3 N–H and O–H groups in total. The van der Waals surface area contributed by atoms with Gasteiger partial charge >= 0.3 is 0 Å². The molecule has 3 heteroatoms. The Morgan fingerprint density at radius 3 is 2.77 bits per heavy atom. The second-order valence-corrected chi connectivity index (χ2v) is 3.09. The van der Waals surface area contributed by atoms with Gasteiger partial charge in [0.15, 0.2) is 0 Å². The van der Waals surface area contributed by atoms with Gasteiger partial charge in [0.1, 0.15) is 0 Å². The zero-order valence-corrected chi connectivity index (χ0v) is 7.87. The molecule has 0 aliphatic rings. The summed E-state index contributed by atoms with van der Waals surface area (Å²) in [6, 6.07) is 7.52. The van der Waals surface area contributed by atoms with E-state index in [1.54, 1.807) is 0 Å². The maximum atomic E-state index is 10.8. The lowest BCUT2D eigenvalue weighted by Crippen LogP contribution is -2.23. The number of anilines is 1. The van der Waals surface area contributed by atoms with Crippen LogP contribution >= 0.6 is 0 Å². The van der Waals surface area contributed by atoms with E-state index >= 15 is 0 Å². The topological polar surface area (TPSA) is 55.1 Å². The molecule has 0 aliphatic heterocycles. The largest absolute Gasteiger partial charge is 0.399 e. The highest BCUT2D eigenvalue weighted by molar-refractivity contribution is 5.73. The van der Waals surface area contributed by atoms with Crippen LogP contribution in [0.4, 0.5) is 5.69 Å². The van der Waals surface area contributed by atoms with Gasteiger partial charge in [0.25, 0.3) is 0 Å². The molecule has 0 radical (unpaired) electrons. The zero-order chi connectivity index (χ0) is 9.84. The maximum Gasteiger partial charge on any atom is 0.217 e. The van der Waals surface area contributed by atoms with Gasteiger partial charge < -0.3 is 11.1 Å². The smallest absolute Gasteiger partial charge is 0.217 e. The van der Waals surface area contributed by atoms with E-state index in [0.29, 0.717) is 0 Å². The number of nitrogens with two attached hydrogens (primary N) is 1. The summed E-state index contributed by atoms with van der Waals surface area (Å²) in [5.41, 5.74) is 7.36. The van der Waals surface area contributed by atoms with E-state index in [1.807, 2.05) is 31.2 Å². The first-order valence-corrected chi connectivity index (χ1v) is 4.22. The Morgan fingerprint density at radius 1 is 1.54 bits per heavy atom. The number of hydrogen-bond donors (Lipinski definition) is 2. The van der Waals surface area contributed by atoms with Crippen molar-refractivity contribution in [3.05, 3.63) is 29.8 Å². The fourth-order valence-corrected chi connectivity index (χ4v) is 1.22. The van der Waals surface area contributed by atoms with Crippen LogP contribution in [0.3, 0.4) is 0 Å². The lowest BCUT2D eigenvalue weighted by atomic mass is 10.1. The van der Waals surface area contributed by atoms with Crippen LogP contribution in [0.1, 0.15) is 25.5 Å². The van der Waals surface area contributed by atoms with Gasteiger partial charge in [-0.2, -0.15) is 0 Å². The van der Waals surface area contributed by atoms with E-state index in [0.717, 1.165) is 11.3 Å². The molecule has 1 rings (SSSR count). The first kappa shape index (κ1) is 9.58. The first-order chi connectivity index (χ1) is 6.09. The second-order valence-electron chi connectivity index (χ2n) is 3.09. The molecule has 0 saturated heterocycles. The van der Waals surface area contributed by atoms with E-state index in [9.17, 15) is 4.79 Å². The van der Waals surface area contributed by atoms with Crippen LogP contribution in [-0.2, 0) is 4.79 Å². The van der Waals surface area contributed by atoms with E-state index in [4.69, 9.17) is 5.73 Å². The SMILES string of the molecule is CC(=O)N[C@@H](C)c1cccc(N)c1. The first-order valence-electron chi connectivity index (χ1n) is 4.22. The van der Waals surface area contributed by atoms with Crippen molar-refractivity contribution in [3.63, 3.8) is 0 Å². The van der Waals surface area contributed by atoms with Crippen LogP contribution in [0.2, 0.25) is 0 Å². The molecule has 0 aliphatic carbocycles. The number of amides is 1. The van der Waals surface area contributed by atoms with Gasteiger partial charge in [-0.15, -0.1) is 0 Å². The molecule has 1 aromatic rings. The van der Waals surface area contributed by atoms with Gasteiger partial charge in [-0.25, -0.2) is 0 Å². The van der Waals surface area contributed by atoms with Gasteiger partial charge in [0.2, 0.25) is 5.91 Å². The Labute approximate surface area is 77.9 Å². The van der Waals surface area contributed by atoms with Crippen LogP contribution in [0.25, 0.3) is 0 Å². The normalized spacial score (nSPS) is 12.2. The summed E-state index contributed by atoms with van der Waals surface area (Å²) >= 11 is 0. The Hall–Kier alpha value is -1.51. The molecule has 0 fully saturated rings. The predicted molar refractivity (Wildman–Crippen MR) is 53.1 cm³/mol. The van der Waals surface area contributed by atoms with Crippen molar-refractivity contribution in [1.29, 1.82) is 0 Å². The van der Waals surface area contributed by atoms with Crippen molar-refractivity contribution < 1.29 is 4.79 Å². The van der Waals surface area contributed by atoms with E-state index in [-0.39, 0.29) is 11.9 Å². The molecule has 1 amide bonds. The van der Waals surface area contributed by atoms with Crippen molar-refractivity contribution in [2.24, 2.45) is 0 Å². The molecule has 0 heterocycles. The molecule has 70 valence electrons. The van der Waals surface area contributed by atoms with Crippen LogP contribution in [-0.4, -0.2) is 5.91 Å². The monoisotopic (exact) mass is 178 g/mol. The number of carbonyl (C=O) groups is 1. The van der Waals surface area contributed by atoms with Crippen LogP contribution in [0.5, 0.6) is 0 Å². The van der Waals surface area contributed by atoms with Crippen molar-refractivity contribution in [2.75, 3.05) is 5.73 Å². The highest BCUT2D eigenvalue weighted by Crippen LogP contribution is 2.14. The summed E-state index contributed by atoms with van der Waals surface area (Å²) in [7, 11) is 0. The van der Waals surface area contributed by atoms with E-state index in [1.165, 1.54) is 6.92 Å². The highest BCUT2D eigenvalue weighted by atomic mass is 16.1.